The molecule has 3 aromatic rings. The molecular weight excluding hydrogens is 444 g/mol. The largest absolute Gasteiger partial charge is 0.392 e. The fraction of sp³-hybridized carbons (Fsp3) is 0.429. The number of aromatic nitrogens is 2. The monoisotopic (exact) mass is 478 g/mol. The van der Waals surface area contributed by atoms with Gasteiger partial charge in [0.15, 0.2) is 5.82 Å². The number of anilines is 1. The highest BCUT2D eigenvalue weighted by Crippen LogP contribution is 2.28. The van der Waals surface area contributed by atoms with Gasteiger partial charge in [-0.3, -0.25) is 4.90 Å². The van der Waals surface area contributed by atoms with E-state index in [2.05, 4.69) is 47.9 Å². The highest BCUT2D eigenvalue weighted by atomic mass is 35.5. The quantitative estimate of drug-likeness (QED) is 0.448. The number of aliphatic hydroxyl groups is 1. The van der Waals surface area contributed by atoms with Crippen LogP contribution in [0.2, 0.25) is 5.02 Å². The molecule has 1 aliphatic rings. The van der Waals surface area contributed by atoms with Gasteiger partial charge in [-0.1, -0.05) is 73.8 Å². The summed E-state index contributed by atoms with van der Waals surface area (Å²) in [6.07, 6.45) is 3.62. The van der Waals surface area contributed by atoms with Gasteiger partial charge >= 0.3 is 0 Å². The number of rotatable bonds is 9. The first kappa shape index (κ1) is 24.6. The number of hydrogen-bond donors (Lipinski definition) is 1. The van der Waals surface area contributed by atoms with Crippen molar-refractivity contribution >= 4 is 17.4 Å². The van der Waals surface area contributed by atoms with Crippen molar-refractivity contribution in [1.29, 1.82) is 0 Å². The van der Waals surface area contributed by atoms with Crippen molar-refractivity contribution in [3.8, 4) is 11.4 Å². The van der Waals surface area contributed by atoms with E-state index in [0.29, 0.717) is 0 Å². The van der Waals surface area contributed by atoms with Gasteiger partial charge in [-0.2, -0.15) is 0 Å². The van der Waals surface area contributed by atoms with Crippen LogP contribution >= 0.6 is 11.6 Å². The molecule has 4 rings (SSSR count). The SMILES string of the molecule is CCCCC(O)CN1CCN(c2nc(-c3ccccc3)nc(C)c2Cc2ccc(Cl)cc2)CC1. The minimum Gasteiger partial charge on any atom is -0.392 e. The Balaban J connectivity index is 1.57. The van der Waals surface area contributed by atoms with E-state index in [0.717, 1.165) is 86.3 Å². The summed E-state index contributed by atoms with van der Waals surface area (Å²) >= 11 is 6.11. The Morgan fingerprint density at radius 1 is 0.971 bits per heavy atom. The first-order valence-electron chi connectivity index (χ1n) is 12.4. The normalized spacial score (nSPS) is 15.5. The predicted molar refractivity (Wildman–Crippen MR) is 141 cm³/mol. The molecular formula is C28H35ClN4O. The summed E-state index contributed by atoms with van der Waals surface area (Å²) in [6, 6.07) is 18.2. The lowest BCUT2D eigenvalue weighted by Gasteiger charge is -2.37. The topological polar surface area (TPSA) is 52.5 Å². The van der Waals surface area contributed by atoms with Crippen molar-refractivity contribution in [2.75, 3.05) is 37.6 Å². The maximum Gasteiger partial charge on any atom is 0.161 e. The molecule has 180 valence electrons. The molecule has 1 fully saturated rings. The number of benzene rings is 2. The van der Waals surface area contributed by atoms with Crippen LogP contribution < -0.4 is 4.90 Å². The molecule has 2 heterocycles. The summed E-state index contributed by atoms with van der Waals surface area (Å²) in [5.41, 5.74) is 4.40. The van der Waals surface area contributed by atoms with Gasteiger partial charge in [0.2, 0.25) is 0 Å². The van der Waals surface area contributed by atoms with Crippen molar-refractivity contribution < 1.29 is 5.11 Å². The standard InChI is InChI=1S/C28H35ClN4O/c1-3-4-10-25(34)20-32-15-17-33(18-16-32)28-26(19-22-11-13-24(29)14-12-22)21(2)30-27(31-28)23-8-6-5-7-9-23/h5-9,11-14,25,34H,3-4,10,15-20H2,1-2H3. The molecule has 1 aliphatic heterocycles. The van der Waals surface area contributed by atoms with Crippen molar-refractivity contribution in [2.45, 2.75) is 45.6 Å². The minimum atomic E-state index is -0.238. The molecule has 1 N–H and O–H groups in total. The molecule has 1 unspecified atom stereocenters. The zero-order valence-corrected chi connectivity index (χ0v) is 21.0. The molecule has 0 saturated carbocycles. The third-order valence-corrected chi connectivity index (χ3v) is 6.80. The van der Waals surface area contributed by atoms with Crippen LogP contribution in [0.25, 0.3) is 11.4 Å². The molecule has 1 atom stereocenters. The maximum atomic E-state index is 10.4. The number of aryl methyl sites for hydroxylation is 1. The van der Waals surface area contributed by atoms with E-state index in [1.165, 1.54) is 11.1 Å². The Morgan fingerprint density at radius 3 is 2.35 bits per heavy atom. The Hall–Kier alpha value is -2.47. The molecule has 0 radical (unpaired) electrons. The second kappa shape index (κ2) is 11.8. The lowest BCUT2D eigenvalue weighted by molar-refractivity contribution is 0.100. The number of halogens is 1. The highest BCUT2D eigenvalue weighted by molar-refractivity contribution is 6.30. The number of aliphatic hydroxyl groups excluding tert-OH is 1. The molecule has 0 amide bonds. The molecule has 1 aromatic heterocycles. The van der Waals surface area contributed by atoms with E-state index in [4.69, 9.17) is 21.6 Å². The van der Waals surface area contributed by atoms with Crippen LogP contribution in [-0.2, 0) is 6.42 Å². The Kier molecular flexibility index (Phi) is 8.54. The molecule has 6 heteroatoms. The van der Waals surface area contributed by atoms with Gasteiger partial charge in [0.1, 0.15) is 5.82 Å². The van der Waals surface area contributed by atoms with Crippen molar-refractivity contribution in [1.82, 2.24) is 14.9 Å². The van der Waals surface area contributed by atoms with Crippen LogP contribution in [0.3, 0.4) is 0 Å². The van der Waals surface area contributed by atoms with Gasteiger partial charge in [-0.05, 0) is 31.0 Å². The average molecular weight is 479 g/mol. The second-order valence-electron chi connectivity index (χ2n) is 9.19. The van der Waals surface area contributed by atoms with E-state index >= 15 is 0 Å². The van der Waals surface area contributed by atoms with E-state index in [1.807, 2.05) is 30.3 Å². The van der Waals surface area contributed by atoms with Gasteiger partial charge in [0, 0.05) is 61.0 Å². The fourth-order valence-electron chi connectivity index (χ4n) is 4.54. The van der Waals surface area contributed by atoms with Gasteiger partial charge in [0.25, 0.3) is 0 Å². The summed E-state index contributed by atoms with van der Waals surface area (Å²) in [5.74, 6) is 1.79. The number of hydrogen-bond acceptors (Lipinski definition) is 5. The summed E-state index contributed by atoms with van der Waals surface area (Å²) in [4.78, 5) is 14.7. The lowest BCUT2D eigenvalue weighted by atomic mass is 10.0. The van der Waals surface area contributed by atoms with E-state index in [-0.39, 0.29) is 6.10 Å². The molecule has 0 spiro atoms. The van der Waals surface area contributed by atoms with Crippen LogP contribution in [-0.4, -0.2) is 58.8 Å². The minimum absolute atomic E-state index is 0.238. The summed E-state index contributed by atoms with van der Waals surface area (Å²) in [6.45, 7) is 8.63. The van der Waals surface area contributed by atoms with Crippen molar-refractivity contribution in [3.05, 3.63) is 76.4 Å². The molecule has 2 aromatic carbocycles. The van der Waals surface area contributed by atoms with Crippen LogP contribution in [0.4, 0.5) is 5.82 Å². The van der Waals surface area contributed by atoms with Crippen LogP contribution in [0.5, 0.6) is 0 Å². The van der Waals surface area contributed by atoms with E-state index in [9.17, 15) is 5.11 Å². The third kappa shape index (κ3) is 6.35. The average Bonchev–Trinajstić information content (AvgIpc) is 2.86. The fourth-order valence-corrected chi connectivity index (χ4v) is 4.67. The highest BCUT2D eigenvalue weighted by Gasteiger charge is 2.24. The second-order valence-corrected chi connectivity index (χ2v) is 9.62. The smallest absolute Gasteiger partial charge is 0.161 e. The number of unbranched alkanes of at least 4 members (excludes halogenated alkanes) is 1. The zero-order valence-electron chi connectivity index (χ0n) is 20.3. The predicted octanol–water partition coefficient (Wildman–Crippen LogP) is 5.37. The zero-order chi connectivity index (χ0) is 23.9. The Labute approximate surface area is 208 Å². The first-order valence-corrected chi connectivity index (χ1v) is 12.7. The van der Waals surface area contributed by atoms with Crippen LogP contribution in [0.15, 0.2) is 54.6 Å². The number of piperazine rings is 1. The first-order chi connectivity index (χ1) is 16.5. The summed E-state index contributed by atoms with van der Waals surface area (Å²) < 4.78 is 0. The Bertz CT molecular complexity index is 1050. The van der Waals surface area contributed by atoms with E-state index in [1.54, 1.807) is 0 Å². The molecule has 1 saturated heterocycles. The molecule has 0 aliphatic carbocycles. The van der Waals surface area contributed by atoms with Crippen molar-refractivity contribution in [3.63, 3.8) is 0 Å². The van der Waals surface area contributed by atoms with Crippen molar-refractivity contribution in [2.24, 2.45) is 0 Å². The summed E-state index contributed by atoms with van der Waals surface area (Å²) in [7, 11) is 0. The van der Waals surface area contributed by atoms with Gasteiger partial charge < -0.3 is 10.0 Å². The molecule has 0 bridgehead atoms. The van der Waals surface area contributed by atoms with Gasteiger partial charge in [-0.25, -0.2) is 9.97 Å². The van der Waals surface area contributed by atoms with E-state index < -0.39 is 0 Å². The lowest BCUT2D eigenvalue weighted by Crippen LogP contribution is -2.49. The van der Waals surface area contributed by atoms with Crippen LogP contribution in [0, 0.1) is 6.92 Å². The summed E-state index contributed by atoms with van der Waals surface area (Å²) in [5, 5.41) is 11.1. The van der Waals surface area contributed by atoms with Crippen LogP contribution in [0.1, 0.15) is 43.0 Å². The third-order valence-electron chi connectivity index (χ3n) is 6.55. The number of nitrogens with zero attached hydrogens (tertiary/aromatic N) is 4. The molecule has 5 nitrogen and oxygen atoms in total. The van der Waals surface area contributed by atoms with Gasteiger partial charge in [0.05, 0.1) is 6.10 Å². The van der Waals surface area contributed by atoms with Gasteiger partial charge in [-0.15, -0.1) is 0 Å². The Morgan fingerprint density at radius 2 is 1.68 bits per heavy atom. The maximum absolute atomic E-state index is 10.4. The molecule has 34 heavy (non-hydrogen) atoms. The number of β-amino-alcohol motifs (C(OH)–C–C–N with tert-alkyl or cyclic N) is 1.